The van der Waals surface area contributed by atoms with Crippen molar-refractivity contribution >= 4 is 27.3 Å². The Labute approximate surface area is 108 Å². The molecule has 0 bridgehead atoms. The molecule has 0 heterocycles. The number of rotatable bonds is 3. The second-order valence-corrected chi connectivity index (χ2v) is 4.20. The quantitative estimate of drug-likeness (QED) is 0.742. The summed E-state index contributed by atoms with van der Waals surface area (Å²) in [4.78, 5) is 0. The van der Waals surface area contributed by atoms with E-state index in [4.69, 9.17) is 4.74 Å². The first-order valence-corrected chi connectivity index (χ1v) is 5.89. The van der Waals surface area contributed by atoms with Crippen molar-refractivity contribution < 1.29 is 4.74 Å². The van der Waals surface area contributed by atoms with E-state index < -0.39 is 0 Å². The minimum absolute atomic E-state index is 0.793. The molecular weight excluding hydrogens is 280 g/mol. The molecule has 0 atom stereocenters. The van der Waals surface area contributed by atoms with Gasteiger partial charge in [0.2, 0.25) is 0 Å². The van der Waals surface area contributed by atoms with Crippen LogP contribution in [0.1, 0.15) is 0 Å². The van der Waals surface area contributed by atoms with Crippen LogP contribution in [0.5, 0.6) is 5.75 Å². The van der Waals surface area contributed by atoms with Crippen LogP contribution in [-0.4, -0.2) is 7.11 Å². The SMILES string of the molecule is COc1ccc(N=Nc2ccccc2Br)cc1. The second-order valence-electron chi connectivity index (χ2n) is 3.35. The molecule has 2 rings (SSSR count). The number of benzene rings is 2. The molecule has 2 aromatic rings. The number of hydrogen-bond donors (Lipinski definition) is 0. The topological polar surface area (TPSA) is 34.0 Å². The van der Waals surface area contributed by atoms with Crippen molar-refractivity contribution in [2.24, 2.45) is 10.2 Å². The molecule has 0 radical (unpaired) electrons. The number of nitrogens with zero attached hydrogens (tertiary/aromatic N) is 2. The van der Waals surface area contributed by atoms with Crippen LogP contribution in [-0.2, 0) is 0 Å². The van der Waals surface area contributed by atoms with Gasteiger partial charge in [0.05, 0.1) is 18.5 Å². The Morgan fingerprint density at radius 3 is 2.29 bits per heavy atom. The van der Waals surface area contributed by atoms with E-state index >= 15 is 0 Å². The molecule has 0 fully saturated rings. The summed E-state index contributed by atoms with van der Waals surface area (Å²) in [6.07, 6.45) is 0. The zero-order valence-corrected chi connectivity index (χ0v) is 10.9. The summed E-state index contributed by atoms with van der Waals surface area (Å²) in [6.45, 7) is 0. The average molecular weight is 291 g/mol. The van der Waals surface area contributed by atoms with Crippen LogP contribution in [0.3, 0.4) is 0 Å². The lowest BCUT2D eigenvalue weighted by Gasteiger charge is -1.98. The van der Waals surface area contributed by atoms with Gasteiger partial charge >= 0.3 is 0 Å². The van der Waals surface area contributed by atoms with Gasteiger partial charge in [0, 0.05) is 4.47 Å². The van der Waals surface area contributed by atoms with E-state index in [-0.39, 0.29) is 0 Å². The molecule has 86 valence electrons. The maximum Gasteiger partial charge on any atom is 0.119 e. The van der Waals surface area contributed by atoms with Crippen LogP contribution in [0, 0.1) is 0 Å². The maximum absolute atomic E-state index is 5.07. The molecule has 0 spiro atoms. The molecule has 0 aliphatic carbocycles. The normalized spacial score (nSPS) is 10.7. The molecule has 0 saturated carbocycles. The fourth-order valence-electron chi connectivity index (χ4n) is 1.29. The van der Waals surface area contributed by atoms with Gasteiger partial charge in [0.1, 0.15) is 5.75 Å². The molecule has 2 aromatic carbocycles. The van der Waals surface area contributed by atoms with Gasteiger partial charge < -0.3 is 4.74 Å². The van der Waals surface area contributed by atoms with Crippen LogP contribution in [0.15, 0.2) is 63.2 Å². The number of methoxy groups -OCH3 is 1. The van der Waals surface area contributed by atoms with Crippen LogP contribution in [0.25, 0.3) is 0 Å². The Kier molecular flexibility index (Phi) is 3.88. The van der Waals surface area contributed by atoms with E-state index in [0.717, 1.165) is 21.6 Å². The van der Waals surface area contributed by atoms with Gasteiger partial charge in [-0.25, -0.2) is 0 Å². The standard InChI is InChI=1S/C13H11BrN2O/c1-17-11-8-6-10(7-9-11)15-16-13-5-3-2-4-12(13)14/h2-9H,1H3. The molecule has 0 aromatic heterocycles. The Morgan fingerprint density at radius 2 is 1.65 bits per heavy atom. The van der Waals surface area contributed by atoms with Crippen molar-refractivity contribution in [2.45, 2.75) is 0 Å². The van der Waals surface area contributed by atoms with Crippen LogP contribution in [0.2, 0.25) is 0 Å². The predicted octanol–water partition coefficient (Wildman–Crippen LogP) is 4.87. The summed E-state index contributed by atoms with van der Waals surface area (Å²) in [5.74, 6) is 0.810. The summed E-state index contributed by atoms with van der Waals surface area (Å²) in [5.41, 5.74) is 1.60. The zero-order valence-electron chi connectivity index (χ0n) is 9.30. The summed E-state index contributed by atoms with van der Waals surface area (Å²) in [7, 11) is 1.64. The summed E-state index contributed by atoms with van der Waals surface area (Å²) < 4.78 is 6.00. The number of hydrogen-bond acceptors (Lipinski definition) is 3. The fraction of sp³-hybridized carbons (Fsp3) is 0.0769. The lowest BCUT2D eigenvalue weighted by atomic mass is 10.3. The van der Waals surface area contributed by atoms with E-state index in [1.165, 1.54) is 0 Å². The molecule has 3 nitrogen and oxygen atoms in total. The Morgan fingerprint density at radius 1 is 0.941 bits per heavy atom. The molecule has 0 unspecified atom stereocenters. The van der Waals surface area contributed by atoms with Gasteiger partial charge in [0.15, 0.2) is 0 Å². The molecule has 4 heteroatoms. The lowest BCUT2D eigenvalue weighted by molar-refractivity contribution is 0.415. The van der Waals surface area contributed by atoms with Gasteiger partial charge in [-0.3, -0.25) is 0 Å². The first kappa shape index (κ1) is 11.8. The highest BCUT2D eigenvalue weighted by molar-refractivity contribution is 9.10. The van der Waals surface area contributed by atoms with Crippen molar-refractivity contribution in [3.63, 3.8) is 0 Å². The van der Waals surface area contributed by atoms with Gasteiger partial charge in [-0.05, 0) is 52.3 Å². The van der Waals surface area contributed by atoms with E-state index in [2.05, 4.69) is 26.2 Å². The van der Waals surface area contributed by atoms with Crippen LogP contribution >= 0.6 is 15.9 Å². The summed E-state index contributed by atoms with van der Waals surface area (Å²) >= 11 is 3.42. The lowest BCUT2D eigenvalue weighted by Crippen LogP contribution is -1.79. The predicted molar refractivity (Wildman–Crippen MR) is 71.3 cm³/mol. The molecule has 0 aliphatic rings. The monoisotopic (exact) mass is 290 g/mol. The van der Waals surface area contributed by atoms with Crippen LogP contribution < -0.4 is 4.74 Å². The third-order valence-corrected chi connectivity index (χ3v) is 2.87. The van der Waals surface area contributed by atoms with Crippen molar-refractivity contribution in [1.82, 2.24) is 0 Å². The smallest absolute Gasteiger partial charge is 0.119 e. The largest absolute Gasteiger partial charge is 0.497 e. The van der Waals surface area contributed by atoms with Gasteiger partial charge in [-0.2, -0.15) is 5.11 Å². The van der Waals surface area contributed by atoms with Crippen LogP contribution in [0.4, 0.5) is 11.4 Å². The van der Waals surface area contributed by atoms with Crippen molar-refractivity contribution in [2.75, 3.05) is 7.11 Å². The van der Waals surface area contributed by atoms with Crippen molar-refractivity contribution in [3.05, 3.63) is 53.0 Å². The maximum atomic E-state index is 5.07. The van der Waals surface area contributed by atoms with Gasteiger partial charge in [-0.1, -0.05) is 12.1 Å². The summed E-state index contributed by atoms with van der Waals surface area (Å²) in [5, 5.41) is 8.32. The van der Waals surface area contributed by atoms with Gasteiger partial charge in [0.25, 0.3) is 0 Å². The molecule has 0 aliphatic heterocycles. The molecular formula is C13H11BrN2O. The Bertz CT molecular complexity index is 523. The number of ether oxygens (including phenoxy) is 1. The summed E-state index contributed by atoms with van der Waals surface area (Å²) in [6, 6.07) is 15.1. The first-order chi connectivity index (χ1) is 8.29. The average Bonchev–Trinajstić information content (AvgIpc) is 2.38. The minimum Gasteiger partial charge on any atom is -0.497 e. The molecule has 0 saturated heterocycles. The van der Waals surface area contributed by atoms with E-state index in [0.29, 0.717) is 0 Å². The molecule has 17 heavy (non-hydrogen) atoms. The fourth-order valence-corrected chi connectivity index (χ4v) is 1.66. The minimum atomic E-state index is 0.793. The van der Waals surface area contributed by atoms with E-state index in [1.54, 1.807) is 7.11 Å². The van der Waals surface area contributed by atoms with Crippen molar-refractivity contribution in [1.29, 1.82) is 0 Å². The zero-order chi connectivity index (χ0) is 12.1. The number of azo groups is 1. The Balaban J connectivity index is 2.17. The number of halogens is 1. The highest BCUT2D eigenvalue weighted by atomic mass is 79.9. The highest BCUT2D eigenvalue weighted by Gasteiger charge is 1.96. The molecule has 0 N–H and O–H groups in total. The first-order valence-electron chi connectivity index (χ1n) is 5.10. The van der Waals surface area contributed by atoms with E-state index in [1.807, 2.05) is 48.5 Å². The van der Waals surface area contributed by atoms with Gasteiger partial charge in [-0.15, -0.1) is 5.11 Å². The molecule has 0 amide bonds. The third kappa shape index (κ3) is 3.14. The Hall–Kier alpha value is -1.68. The highest BCUT2D eigenvalue weighted by Crippen LogP contribution is 2.27. The second kappa shape index (κ2) is 5.59. The van der Waals surface area contributed by atoms with E-state index in [9.17, 15) is 0 Å². The third-order valence-electron chi connectivity index (χ3n) is 2.20. The van der Waals surface area contributed by atoms with Crippen molar-refractivity contribution in [3.8, 4) is 5.75 Å².